The highest BCUT2D eigenvalue weighted by Gasteiger charge is 2.17. The van der Waals surface area contributed by atoms with Gasteiger partial charge in [0.05, 0.1) is 12.0 Å². The quantitative estimate of drug-likeness (QED) is 0.778. The molecule has 3 nitrogen and oxygen atoms in total. The molecular weight excluding hydrogens is 260 g/mol. The van der Waals surface area contributed by atoms with E-state index in [9.17, 15) is 4.79 Å². The van der Waals surface area contributed by atoms with Crippen LogP contribution in [0.5, 0.6) is 5.75 Å². The Morgan fingerprint density at radius 2 is 1.95 bits per heavy atom. The Morgan fingerprint density at radius 1 is 1.21 bits per heavy atom. The molecule has 0 radical (unpaired) electrons. The van der Waals surface area contributed by atoms with Gasteiger partial charge in [-0.1, -0.05) is 43.3 Å². The summed E-state index contributed by atoms with van der Waals surface area (Å²) in [5.41, 5.74) is 0. The first-order valence-corrected chi connectivity index (χ1v) is 7.11. The van der Waals surface area contributed by atoms with Crippen molar-refractivity contribution in [2.45, 2.75) is 20.0 Å². The highest BCUT2D eigenvalue weighted by Crippen LogP contribution is 2.26. The van der Waals surface area contributed by atoms with Crippen molar-refractivity contribution in [2.24, 2.45) is 0 Å². The molecule has 0 fully saturated rings. The molecule has 19 heavy (non-hydrogen) atoms. The smallest absolute Gasteiger partial charge is 0.359 e. The number of hydrogen-bond donors (Lipinski definition) is 0. The normalized spacial score (nSPS) is 12.1. The molecule has 1 unspecified atom stereocenters. The largest absolute Gasteiger partial charge is 0.478 e. The van der Waals surface area contributed by atoms with Gasteiger partial charge in [-0.15, -0.1) is 0 Å². The monoisotopic (exact) mass is 276 g/mol. The fourth-order valence-corrected chi connectivity index (χ4v) is 2.09. The standard InChI is InChI=1S/C15H16O3S/c1-3-19-18-15(16)11(2)17-14-10-6-8-12-7-4-5-9-13(12)14/h4-11H,3H2,1-2H3. The van der Waals surface area contributed by atoms with E-state index in [1.165, 1.54) is 0 Å². The van der Waals surface area contributed by atoms with Crippen LogP contribution >= 0.6 is 12.0 Å². The molecule has 0 heterocycles. The lowest BCUT2D eigenvalue weighted by Gasteiger charge is -2.14. The summed E-state index contributed by atoms with van der Waals surface area (Å²) in [4.78, 5) is 11.7. The van der Waals surface area contributed by atoms with Gasteiger partial charge in [-0.25, -0.2) is 4.79 Å². The first-order chi connectivity index (χ1) is 9.22. The van der Waals surface area contributed by atoms with E-state index in [2.05, 4.69) is 0 Å². The van der Waals surface area contributed by atoms with E-state index < -0.39 is 6.10 Å². The number of rotatable bonds is 5. The molecule has 0 aliphatic heterocycles. The van der Waals surface area contributed by atoms with E-state index in [1.807, 2.05) is 49.4 Å². The Bertz CT molecular complexity index is 563. The Morgan fingerprint density at radius 3 is 2.74 bits per heavy atom. The summed E-state index contributed by atoms with van der Waals surface area (Å²) in [5.74, 6) is 1.07. The van der Waals surface area contributed by atoms with Crippen molar-refractivity contribution >= 4 is 28.8 Å². The number of benzene rings is 2. The third-order valence-corrected chi connectivity index (χ3v) is 3.16. The maximum absolute atomic E-state index is 11.7. The van der Waals surface area contributed by atoms with Gasteiger partial charge in [0.2, 0.25) is 0 Å². The van der Waals surface area contributed by atoms with E-state index in [0.29, 0.717) is 5.75 Å². The molecule has 0 saturated heterocycles. The lowest BCUT2D eigenvalue weighted by atomic mass is 10.1. The molecule has 2 aromatic rings. The predicted octanol–water partition coefficient (Wildman–Crippen LogP) is 3.82. The molecule has 0 N–H and O–H groups in total. The van der Waals surface area contributed by atoms with Gasteiger partial charge in [-0.3, -0.25) is 0 Å². The third kappa shape index (κ3) is 3.41. The summed E-state index contributed by atoms with van der Waals surface area (Å²) in [6, 6.07) is 13.7. The summed E-state index contributed by atoms with van der Waals surface area (Å²) in [6.45, 7) is 3.62. The molecule has 4 heteroatoms. The van der Waals surface area contributed by atoms with Crippen molar-refractivity contribution in [3.63, 3.8) is 0 Å². The summed E-state index contributed by atoms with van der Waals surface area (Å²) in [7, 11) is 0. The molecule has 0 aromatic heterocycles. The van der Waals surface area contributed by atoms with Crippen LogP contribution in [0, 0.1) is 0 Å². The maximum Gasteiger partial charge on any atom is 0.359 e. The van der Waals surface area contributed by atoms with E-state index in [-0.39, 0.29) is 5.97 Å². The third-order valence-electron chi connectivity index (χ3n) is 2.64. The molecule has 100 valence electrons. The first-order valence-electron chi connectivity index (χ1n) is 6.20. The van der Waals surface area contributed by atoms with Crippen molar-refractivity contribution in [3.05, 3.63) is 42.5 Å². The second-order valence-electron chi connectivity index (χ2n) is 4.05. The average molecular weight is 276 g/mol. The molecule has 0 aliphatic carbocycles. The summed E-state index contributed by atoms with van der Waals surface area (Å²) in [6.07, 6.45) is -0.621. The van der Waals surface area contributed by atoms with E-state index >= 15 is 0 Å². The van der Waals surface area contributed by atoms with Crippen LogP contribution in [0.3, 0.4) is 0 Å². The molecule has 0 amide bonds. The van der Waals surface area contributed by atoms with E-state index in [1.54, 1.807) is 6.92 Å². The summed E-state index contributed by atoms with van der Waals surface area (Å²) >= 11 is 1.13. The number of hydrogen-bond acceptors (Lipinski definition) is 4. The average Bonchev–Trinajstić information content (AvgIpc) is 2.45. The van der Waals surface area contributed by atoms with Gasteiger partial charge in [0, 0.05) is 11.1 Å². The number of ether oxygens (including phenoxy) is 1. The lowest BCUT2D eigenvalue weighted by Crippen LogP contribution is -2.24. The van der Waals surface area contributed by atoms with Gasteiger partial charge >= 0.3 is 5.97 Å². The minimum absolute atomic E-state index is 0.361. The van der Waals surface area contributed by atoms with Crippen LogP contribution in [0.15, 0.2) is 42.5 Å². The van der Waals surface area contributed by atoms with Crippen LogP contribution in [-0.4, -0.2) is 17.8 Å². The van der Waals surface area contributed by atoms with Gasteiger partial charge in [-0.05, 0) is 18.4 Å². The Labute approximate surface area is 117 Å². The van der Waals surface area contributed by atoms with Gasteiger partial charge in [0.15, 0.2) is 6.10 Å². The van der Waals surface area contributed by atoms with E-state index in [4.69, 9.17) is 8.92 Å². The SMILES string of the molecule is CCSOC(=O)C(C)Oc1cccc2ccccc12. The van der Waals surface area contributed by atoms with Crippen LogP contribution in [-0.2, 0) is 8.98 Å². The highest BCUT2D eigenvalue weighted by molar-refractivity contribution is 7.95. The lowest BCUT2D eigenvalue weighted by molar-refractivity contribution is -0.139. The molecule has 1 atom stereocenters. The van der Waals surface area contributed by atoms with Gasteiger partial charge < -0.3 is 8.92 Å². The fraction of sp³-hybridized carbons (Fsp3) is 0.267. The maximum atomic E-state index is 11.7. The van der Waals surface area contributed by atoms with Crippen LogP contribution in [0.4, 0.5) is 0 Å². The molecule has 0 aliphatic rings. The second-order valence-corrected chi connectivity index (χ2v) is 5.03. The predicted molar refractivity (Wildman–Crippen MR) is 78.3 cm³/mol. The second kappa shape index (κ2) is 6.48. The molecule has 0 saturated carbocycles. The van der Waals surface area contributed by atoms with Crippen molar-refractivity contribution < 1.29 is 13.7 Å². The summed E-state index contributed by atoms with van der Waals surface area (Å²) < 4.78 is 10.7. The van der Waals surface area contributed by atoms with Crippen molar-refractivity contribution in [1.29, 1.82) is 0 Å². The minimum atomic E-state index is -0.621. The van der Waals surface area contributed by atoms with Gasteiger partial charge in [0.25, 0.3) is 0 Å². The van der Waals surface area contributed by atoms with Crippen molar-refractivity contribution in [2.75, 3.05) is 5.75 Å². The first kappa shape index (κ1) is 13.7. The molecule has 2 rings (SSSR count). The summed E-state index contributed by atoms with van der Waals surface area (Å²) in [5, 5.41) is 2.08. The van der Waals surface area contributed by atoms with Crippen LogP contribution in [0.25, 0.3) is 10.8 Å². The van der Waals surface area contributed by atoms with Gasteiger partial charge in [-0.2, -0.15) is 0 Å². The van der Waals surface area contributed by atoms with Crippen LogP contribution in [0.1, 0.15) is 13.8 Å². The number of carbonyl (C=O) groups is 1. The highest BCUT2D eigenvalue weighted by atomic mass is 32.2. The van der Waals surface area contributed by atoms with Crippen molar-refractivity contribution in [3.8, 4) is 5.75 Å². The van der Waals surface area contributed by atoms with E-state index in [0.717, 1.165) is 28.6 Å². The number of fused-ring (bicyclic) bond motifs is 1. The zero-order valence-corrected chi connectivity index (χ0v) is 11.8. The van der Waals surface area contributed by atoms with Gasteiger partial charge in [0.1, 0.15) is 5.75 Å². The Balaban J connectivity index is 2.15. The topological polar surface area (TPSA) is 35.5 Å². The number of carbonyl (C=O) groups excluding carboxylic acids is 1. The molecular formula is C15H16O3S. The van der Waals surface area contributed by atoms with Crippen LogP contribution < -0.4 is 4.74 Å². The Kier molecular flexibility index (Phi) is 4.68. The minimum Gasteiger partial charge on any atom is -0.478 e. The van der Waals surface area contributed by atoms with Crippen LogP contribution in [0.2, 0.25) is 0 Å². The fourth-order valence-electron chi connectivity index (χ4n) is 1.72. The van der Waals surface area contributed by atoms with Crippen molar-refractivity contribution in [1.82, 2.24) is 0 Å². The zero-order valence-electron chi connectivity index (χ0n) is 11.0. The molecule has 0 spiro atoms. The molecule has 2 aromatic carbocycles. The zero-order chi connectivity index (χ0) is 13.7. The molecule has 0 bridgehead atoms. The Hall–Kier alpha value is -1.68.